The maximum atomic E-state index is 11.9. The molecule has 1 fully saturated rings. The number of hydrogen-bond donors (Lipinski definition) is 1. The zero-order valence-corrected chi connectivity index (χ0v) is 11.4. The molecular weight excluding hydrogens is 234 g/mol. The zero-order valence-electron chi connectivity index (χ0n) is 11.4. The van der Waals surface area contributed by atoms with Crippen LogP contribution in [0.25, 0.3) is 0 Å². The Morgan fingerprint density at radius 2 is 1.78 bits per heavy atom. The van der Waals surface area contributed by atoms with E-state index in [4.69, 9.17) is 0 Å². The van der Waals surface area contributed by atoms with Crippen molar-refractivity contribution >= 4 is 17.8 Å². The molecule has 0 spiro atoms. The fraction of sp³-hybridized carbons (Fsp3) is 0.769. The van der Waals surface area contributed by atoms with Crippen molar-refractivity contribution in [1.29, 1.82) is 0 Å². The highest BCUT2D eigenvalue weighted by Crippen LogP contribution is 2.33. The Balaban J connectivity index is 2.88. The summed E-state index contributed by atoms with van der Waals surface area (Å²) in [7, 11) is 0. The van der Waals surface area contributed by atoms with Gasteiger partial charge in [0.25, 0.3) is 0 Å². The topological polar surface area (TPSA) is 74.7 Å². The molecule has 5 heteroatoms. The Kier molecular flexibility index (Phi) is 3.84. The lowest BCUT2D eigenvalue weighted by atomic mass is 9.80. The van der Waals surface area contributed by atoms with Gasteiger partial charge < -0.3 is 5.11 Å². The average Bonchev–Trinajstić information content (AvgIpc) is 2.21. The Morgan fingerprint density at radius 3 is 2.11 bits per heavy atom. The second-order valence-electron chi connectivity index (χ2n) is 6.11. The van der Waals surface area contributed by atoms with Crippen LogP contribution in [0.2, 0.25) is 0 Å². The first kappa shape index (κ1) is 14.7. The van der Waals surface area contributed by atoms with Gasteiger partial charge in [0, 0.05) is 19.4 Å². The lowest BCUT2D eigenvalue weighted by molar-refractivity contribution is -0.158. The number of nitrogens with zero attached hydrogens (tertiary/aromatic N) is 1. The molecule has 0 saturated carbocycles. The van der Waals surface area contributed by atoms with Crippen LogP contribution in [0.15, 0.2) is 0 Å². The van der Waals surface area contributed by atoms with Gasteiger partial charge in [-0.05, 0) is 18.8 Å². The summed E-state index contributed by atoms with van der Waals surface area (Å²) in [5.74, 6) is -1.51. The standard InChI is InChI=1S/C13H21NO4/c1-5-13(4,11(17)18)8-14-9(15)6-12(2,3)7-10(14)16/h5-8H2,1-4H3,(H,17,18). The highest BCUT2D eigenvalue weighted by atomic mass is 16.4. The van der Waals surface area contributed by atoms with E-state index in [-0.39, 0.29) is 36.6 Å². The second-order valence-corrected chi connectivity index (χ2v) is 6.11. The number of rotatable bonds is 4. The SMILES string of the molecule is CCC(C)(CN1C(=O)CC(C)(C)CC1=O)C(=O)O. The number of amides is 2. The normalized spacial score (nSPS) is 22.8. The quantitative estimate of drug-likeness (QED) is 0.775. The van der Waals surface area contributed by atoms with Crippen LogP contribution in [-0.4, -0.2) is 34.3 Å². The van der Waals surface area contributed by atoms with Gasteiger partial charge >= 0.3 is 5.97 Å². The third kappa shape index (κ3) is 2.89. The first-order valence-electron chi connectivity index (χ1n) is 6.18. The number of carboxylic acid groups (broad SMARTS) is 1. The lowest BCUT2D eigenvalue weighted by Crippen LogP contribution is -2.51. The number of imide groups is 1. The summed E-state index contributed by atoms with van der Waals surface area (Å²) in [6.45, 7) is 7.02. The Labute approximate surface area is 107 Å². The maximum Gasteiger partial charge on any atom is 0.311 e. The number of piperidine rings is 1. The number of carbonyl (C=O) groups is 3. The highest BCUT2D eigenvalue weighted by Gasteiger charge is 2.42. The van der Waals surface area contributed by atoms with Crippen LogP contribution in [0.5, 0.6) is 0 Å². The van der Waals surface area contributed by atoms with E-state index in [9.17, 15) is 19.5 Å². The van der Waals surface area contributed by atoms with Crippen molar-refractivity contribution < 1.29 is 19.5 Å². The second kappa shape index (κ2) is 4.71. The summed E-state index contributed by atoms with van der Waals surface area (Å²) in [5, 5.41) is 9.19. The fourth-order valence-corrected chi connectivity index (χ4v) is 2.07. The molecule has 1 aliphatic rings. The van der Waals surface area contributed by atoms with Crippen molar-refractivity contribution in [3.8, 4) is 0 Å². The molecule has 0 aromatic heterocycles. The number of hydrogen-bond acceptors (Lipinski definition) is 3. The van der Waals surface area contributed by atoms with Gasteiger partial charge in [0.2, 0.25) is 11.8 Å². The average molecular weight is 255 g/mol. The van der Waals surface area contributed by atoms with E-state index in [1.165, 1.54) is 0 Å². The molecular formula is C13H21NO4. The molecule has 0 aromatic rings. The predicted octanol–water partition coefficient (Wildman–Crippen LogP) is 1.66. The third-order valence-corrected chi connectivity index (χ3v) is 3.67. The van der Waals surface area contributed by atoms with Crippen molar-refractivity contribution in [3.05, 3.63) is 0 Å². The van der Waals surface area contributed by atoms with E-state index in [1.54, 1.807) is 13.8 Å². The van der Waals surface area contributed by atoms with Gasteiger partial charge in [-0.3, -0.25) is 19.3 Å². The molecule has 0 aromatic carbocycles. The molecule has 1 aliphatic heterocycles. The summed E-state index contributed by atoms with van der Waals surface area (Å²) < 4.78 is 0. The summed E-state index contributed by atoms with van der Waals surface area (Å²) in [6, 6.07) is 0. The van der Waals surface area contributed by atoms with E-state index in [0.29, 0.717) is 6.42 Å². The van der Waals surface area contributed by atoms with Crippen LogP contribution >= 0.6 is 0 Å². The van der Waals surface area contributed by atoms with Gasteiger partial charge in [-0.1, -0.05) is 20.8 Å². The van der Waals surface area contributed by atoms with Gasteiger partial charge in [0.1, 0.15) is 0 Å². The molecule has 2 amide bonds. The third-order valence-electron chi connectivity index (χ3n) is 3.67. The number of likely N-dealkylation sites (tertiary alicyclic amines) is 1. The van der Waals surface area contributed by atoms with Crippen LogP contribution in [0.4, 0.5) is 0 Å². The summed E-state index contributed by atoms with van der Waals surface area (Å²) in [4.78, 5) is 36.2. The van der Waals surface area contributed by atoms with Gasteiger partial charge in [-0.25, -0.2) is 0 Å². The van der Waals surface area contributed by atoms with Crippen molar-refractivity contribution in [2.45, 2.75) is 47.0 Å². The Hall–Kier alpha value is -1.39. The number of aliphatic carboxylic acids is 1. The van der Waals surface area contributed by atoms with Crippen LogP contribution < -0.4 is 0 Å². The van der Waals surface area contributed by atoms with Crippen molar-refractivity contribution in [3.63, 3.8) is 0 Å². The number of carboxylic acids is 1. The predicted molar refractivity (Wildman–Crippen MR) is 65.8 cm³/mol. The largest absolute Gasteiger partial charge is 0.481 e. The van der Waals surface area contributed by atoms with Crippen LogP contribution in [0.1, 0.15) is 47.0 Å². The Bertz CT molecular complexity index is 368. The lowest BCUT2D eigenvalue weighted by Gasteiger charge is -2.38. The molecule has 0 radical (unpaired) electrons. The fourth-order valence-electron chi connectivity index (χ4n) is 2.07. The van der Waals surface area contributed by atoms with Crippen LogP contribution in [0.3, 0.4) is 0 Å². The number of carbonyl (C=O) groups excluding carboxylic acids is 2. The molecule has 1 N–H and O–H groups in total. The molecule has 18 heavy (non-hydrogen) atoms. The van der Waals surface area contributed by atoms with Crippen molar-refractivity contribution in [2.75, 3.05) is 6.54 Å². The van der Waals surface area contributed by atoms with E-state index >= 15 is 0 Å². The van der Waals surface area contributed by atoms with E-state index in [1.807, 2.05) is 13.8 Å². The van der Waals surface area contributed by atoms with Crippen molar-refractivity contribution in [2.24, 2.45) is 10.8 Å². The monoisotopic (exact) mass is 255 g/mol. The van der Waals surface area contributed by atoms with Crippen LogP contribution in [0, 0.1) is 10.8 Å². The molecule has 0 bridgehead atoms. The molecule has 1 rings (SSSR count). The van der Waals surface area contributed by atoms with Gasteiger partial charge in [0.15, 0.2) is 0 Å². The van der Waals surface area contributed by atoms with E-state index < -0.39 is 11.4 Å². The van der Waals surface area contributed by atoms with E-state index in [2.05, 4.69) is 0 Å². The van der Waals surface area contributed by atoms with Crippen molar-refractivity contribution in [1.82, 2.24) is 4.90 Å². The molecule has 1 saturated heterocycles. The molecule has 1 heterocycles. The first-order valence-corrected chi connectivity index (χ1v) is 6.18. The highest BCUT2D eigenvalue weighted by molar-refractivity contribution is 5.99. The summed E-state index contributed by atoms with van der Waals surface area (Å²) >= 11 is 0. The molecule has 0 aliphatic carbocycles. The molecule has 5 nitrogen and oxygen atoms in total. The van der Waals surface area contributed by atoms with E-state index in [0.717, 1.165) is 4.90 Å². The van der Waals surface area contributed by atoms with Gasteiger partial charge in [-0.2, -0.15) is 0 Å². The smallest absolute Gasteiger partial charge is 0.311 e. The first-order chi connectivity index (χ1) is 8.11. The summed E-state index contributed by atoms with van der Waals surface area (Å²) in [5.41, 5.74) is -1.39. The minimum atomic E-state index is -1.06. The van der Waals surface area contributed by atoms with Gasteiger partial charge in [-0.15, -0.1) is 0 Å². The minimum Gasteiger partial charge on any atom is -0.481 e. The Morgan fingerprint density at radius 1 is 1.33 bits per heavy atom. The van der Waals surface area contributed by atoms with Gasteiger partial charge in [0.05, 0.1) is 5.41 Å². The van der Waals surface area contributed by atoms with Crippen LogP contribution in [-0.2, 0) is 14.4 Å². The molecule has 1 atom stereocenters. The molecule has 1 unspecified atom stereocenters. The minimum absolute atomic E-state index is 0.0351. The zero-order chi connectivity index (χ0) is 14.1. The molecule has 102 valence electrons. The summed E-state index contributed by atoms with van der Waals surface area (Å²) in [6.07, 6.45) is 0.957. The maximum absolute atomic E-state index is 11.9.